The zero-order chi connectivity index (χ0) is 10.1. The van der Waals surface area contributed by atoms with Crippen LogP contribution in [0.25, 0.3) is 0 Å². The van der Waals surface area contributed by atoms with Gasteiger partial charge >= 0.3 is 0 Å². The van der Waals surface area contributed by atoms with E-state index in [0.717, 1.165) is 19.9 Å². The molecule has 0 amide bonds. The van der Waals surface area contributed by atoms with E-state index in [1.807, 2.05) is 0 Å². The molecule has 1 rings (SSSR count). The highest BCUT2D eigenvalue weighted by atomic mass is 19.3. The number of rotatable bonds is 2. The fourth-order valence-electron chi connectivity index (χ4n) is 1.89. The third-order valence-corrected chi connectivity index (χ3v) is 2.90. The third kappa shape index (κ3) is 2.90. The molecule has 1 nitrogen and oxygen atoms in total. The summed E-state index contributed by atoms with van der Waals surface area (Å²) in [6, 6.07) is 0.394. The minimum atomic E-state index is -2.51. The zero-order valence-electron chi connectivity index (χ0n) is 8.69. The normalized spacial score (nSPS) is 26.8. The van der Waals surface area contributed by atoms with Crippen molar-refractivity contribution in [3.05, 3.63) is 0 Å². The van der Waals surface area contributed by atoms with Gasteiger partial charge in [0.05, 0.1) is 0 Å². The molecule has 0 bridgehead atoms. The van der Waals surface area contributed by atoms with Crippen molar-refractivity contribution in [3.63, 3.8) is 0 Å². The Hall–Kier alpha value is -0.180. The number of likely N-dealkylation sites (tertiary alicyclic amines) is 1. The molecule has 1 saturated heterocycles. The van der Waals surface area contributed by atoms with E-state index in [1.54, 1.807) is 0 Å². The number of hydrogen-bond donors (Lipinski definition) is 0. The predicted molar refractivity (Wildman–Crippen MR) is 50.1 cm³/mol. The highest BCUT2D eigenvalue weighted by Crippen LogP contribution is 2.31. The van der Waals surface area contributed by atoms with E-state index in [2.05, 4.69) is 18.7 Å². The van der Waals surface area contributed by atoms with E-state index in [4.69, 9.17) is 0 Å². The van der Waals surface area contributed by atoms with Crippen LogP contribution in [0.5, 0.6) is 0 Å². The SMILES string of the molecule is CC(C)N1CCCC(C(C)(F)F)C1. The minimum Gasteiger partial charge on any atom is -0.300 e. The van der Waals surface area contributed by atoms with E-state index in [0.29, 0.717) is 19.0 Å². The molecule has 78 valence electrons. The second-order valence-corrected chi connectivity index (χ2v) is 4.38. The summed E-state index contributed by atoms with van der Waals surface area (Å²) >= 11 is 0. The van der Waals surface area contributed by atoms with Gasteiger partial charge in [0.25, 0.3) is 0 Å². The van der Waals surface area contributed by atoms with Crippen LogP contribution in [0.15, 0.2) is 0 Å². The number of piperidine rings is 1. The molecule has 1 aliphatic heterocycles. The van der Waals surface area contributed by atoms with Crippen molar-refractivity contribution >= 4 is 0 Å². The number of halogens is 2. The van der Waals surface area contributed by atoms with E-state index in [1.165, 1.54) is 0 Å². The summed E-state index contributed by atoms with van der Waals surface area (Å²) in [7, 11) is 0. The van der Waals surface area contributed by atoms with Crippen LogP contribution in [0.2, 0.25) is 0 Å². The lowest BCUT2D eigenvalue weighted by atomic mass is 9.92. The first kappa shape index (κ1) is 10.9. The van der Waals surface area contributed by atoms with Gasteiger partial charge in [0, 0.05) is 18.5 Å². The lowest BCUT2D eigenvalue weighted by Gasteiger charge is -2.37. The van der Waals surface area contributed by atoms with Crippen LogP contribution in [0, 0.1) is 5.92 Å². The quantitative estimate of drug-likeness (QED) is 0.648. The summed E-state index contributed by atoms with van der Waals surface area (Å²) in [4.78, 5) is 2.14. The third-order valence-electron chi connectivity index (χ3n) is 2.90. The van der Waals surface area contributed by atoms with E-state index >= 15 is 0 Å². The van der Waals surface area contributed by atoms with Gasteiger partial charge in [-0.05, 0) is 40.2 Å². The molecule has 0 radical (unpaired) electrons. The molecule has 0 aliphatic carbocycles. The molecule has 1 aliphatic rings. The van der Waals surface area contributed by atoms with Crippen LogP contribution in [0.3, 0.4) is 0 Å². The Morgan fingerprint density at radius 1 is 1.38 bits per heavy atom. The Kier molecular flexibility index (Phi) is 3.28. The molecule has 1 fully saturated rings. The Bertz CT molecular complexity index is 163. The average molecular weight is 191 g/mol. The second kappa shape index (κ2) is 3.91. The molecule has 0 aromatic heterocycles. The first-order valence-electron chi connectivity index (χ1n) is 5.03. The van der Waals surface area contributed by atoms with Gasteiger partial charge in [0.15, 0.2) is 0 Å². The van der Waals surface area contributed by atoms with Crippen LogP contribution in [0.1, 0.15) is 33.6 Å². The summed E-state index contributed by atoms with van der Waals surface area (Å²) in [6.07, 6.45) is 1.58. The molecule has 0 saturated carbocycles. The summed E-state index contributed by atoms with van der Waals surface area (Å²) in [6.45, 7) is 6.71. The molecule has 0 spiro atoms. The molecule has 13 heavy (non-hydrogen) atoms. The molecule has 1 atom stereocenters. The first-order chi connectivity index (χ1) is 5.91. The van der Waals surface area contributed by atoms with Crippen molar-refractivity contribution in [1.29, 1.82) is 0 Å². The molecule has 0 aromatic rings. The van der Waals surface area contributed by atoms with Gasteiger partial charge < -0.3 is 4.90 Å². The minimum absolute atomic E-state index is 0.394. The van der Waals surface area contributed by atoms with Gasteiger partial charge in [-0.15, -0.1) is 0 Å². The lowest BCUT2D eigenvalue weighted by Crippen LogP contribution is -2.45. The summed E-state index contributed by atoms with van der Waals surface area (Å²) in [5.74, 6) is -2.95. The van der Waals surface area contributed by atoms with Crippen LogP contribution in [-0.4, -0.2) is 30.0 Å². The maximum atomic E-state index is 13.0. The van der Waals surface area contributed by atoms with Crippen LogP contribution in [0.4, 0.5) is 8.78 Å². The van der Waals surface area contributed by atoms with Crippen molar-refractivity contribution in [2.75, 3.05) is 13.1 Å². The lowest BCUT2D eigenvalue weighted by molar-refractivity contribution is -0.0699. The van der Waals surface area contributed by atoms with Crippen LogP contribution in [-0.2, 0) is 0 Å². The van der Waals surface area contributed by atoms with Gasteiger partial charge in [0.2, 0.25) is 5.92 Å². The van der Waals surface area contributed by atoms with Crippen LogP contribution >= 0.6 is 0 Å². The Balaban J connectivity index is 2.52. The van der Waals surface area contributed by atoms with Gasteiger partial charge in [-0.3, -0.25) is 0 Å². The van der Waals surface area contributed by atoms with E-state index < -0.39 is 11.8 Å². The Morgan fingerprint density at radius 2 is 2.00 bits per heavy atom. The highest BCUT2D eigenvalue weighted by Gasteiger charge is 2.37. The summed E-state index contributed by atoms with van der Waals surface area (Å²) in [5.41, 5.74) is 0. The number of nitrogens with zero attached hydrogens (tertiary/aromatic N) is 1. The van der Waals surface area contributed by atoms with E-state index in [9.17, 15) is 8.78 Å². The maximum absolute atomic E-state index is 13.0. The number of hydrogen-bond acceptors (Lipinski definition) is 1. The summed E-state index contributed by atoms with van der Waals surface area (Å²) < 4.78 is 26.0. The molecule has 0 aromatic carbocycles. The average Bonchev–Trinajstić information content (AvgIpc) is 2.03. The van der Waals surface area contributed by atoms with Crippen LogP contribution < -0.4 is 0 Å². The van der Waals surface area contributed by atoms with Crippen molar-refractivity contribution < 1.29 is 8.78 Å². The molecule has 1 unspecified atom stereocenters. The van der Waals surface area contributed by atoms with Gasteiger partial charge in [0.1, 0.15) is 0 Å². The molecule has 3 heteroatoms. The molecular weight excluding hydrogens is 172 g/mol. The fraction of sp³-hybridized carbons (Fsp3) is 1.00. The fourth-order valence-corrected chi connectivity index (χ4v) is 1.89. The van der Waals surface area contributed by atoms with Gasteiger partial charge in [-0.25, -0.2) is 8.78 Å². The van der Waals surface area contributed by atoms with Gasteiger partial charge in [-0.2, -0.15) is 0 Å². The van der Waals surface area contributed by atoms with Crippen molar-refractivity contribution in [1.82, 2.24) is 4.90 Å². The smallest absolute Gasteiger partial charge is 0.249 e. The topological polar surface area (TPSA) is 3.24 Å². The molecular formula is C10H19F2N. The molecule has 1 heterocycles. The maximum Gasteiger partial charge on any atom is 0.249 e. The predicted octanol–water partition coefficient (Wildman–Crippen LogP) is 2.76. The number of alkyl halides is 2. The van der Waals surface area contributed by atoms with Crippen molar-refractivity contribution in [3.8, 4) is 0 Å². The largest absolute Gasteiger partial charge is 0.300 e. The summed E-state index contributed by atoms with van der Waals surface area (Å²) in [5, 5.41) is 0. The zero-order valence-corrected chi connectivity index (χ0v) is 8.69. The standard InChI is InChI=1S/C10H19F2N/c1-8(2)13-6-4-5-9(7-13)10(3,11)12/h8-9H,4-7H2,1-3H3. The second-order valence-electron chi connectivity index (χ2n) is 4.38. The Morgan fingerprint density at radius 3 is 2.46 bits per heavy atom. The first-order valence-corrected chi connectivity index (χ1v) is 5.03. The monoisotopic (exact) mass is 191 g/mol. The van der Waals surface area contributed by atoms with Crippen molar-refractivity contribution in [2.45, 2.75) is 45.6 Å². The van der Waals surface area contributed by atoms with Gasteiger partial charge in [-0.1, -0.05) is 0 Å². The molecule has 0 N–H and O–H groups in total. The van der Waals surface area contributed by atoms with E-state index in [-0.39, 0.29) is 0 Å². The highest BCUT2D eigenvalue weighted by molar-refractivity contribution is 4.81. The Labute approximate surface area is 79.1 Å². The van der Waals surface area contributed by atoms with Crippen molar-refractivity contribution in [2.24, 2.45) is 5.92 Å².